The second kappa shape index (κ2) is 3.29. The SMILES string of the molecule is CC1=C(C)C(C)C([Si](C)(C)Cl)=C1C. The van der Waals surface area contributed by atoms with Crippen LogP contribution in [0.2, 0.25) is 13.1 Å². The zero-order valence-corrected chi connectivity index (χ0v) is 11.2. The van der Waals surface area contributed by atoms with Gasteiger partial charge in [0.2, 0.25) is 0 Å². The Bertz CT molecular complexity index is 292. The molecule has 13 heavy (non-hydrogen) atoms. The predicted molar refractivity (Wildman–Crippen MR) is 63.6 cm³/mol. The van der Waals surface area contributed by atoms with E-state index in [4.69, 9.17) is 11.1 Å². The molecule has 0 amide bonds. The zero-order chi connectivity index (χ0) is 10.4. The fraction of sp³-hybridized carbons (Fsp3) is 0.636. The van der Waals surface area contributed by atoms with Crippen LogP contribution >= 0.6 is 11.1 Å². The normalized spacial score (nSPS) is 24.7. The first-order valence-corrected chi connectivity index (χ1v) is 8.86. The van der Waals surface area contributed by atoms with Crippen molar-refractivity contribution in [3.63, 3.8) is 0 Å². The molecule has 0 aliphatic heterocycles. The Morgan fingerprint density at radius 2 is 1.54 bits per heavy atom. The molecule has 0 aromatic rings. The highest BCUT2D eigenvalue weighted by molar-refractivity contribution is 7.23. The van der Waals surface area contributed by atoms with Gasteiger partial charge in [0.15, 0.2) is 7.38 Å². The van der Waals surface area contributed by atoms with Gasteiger partial charge in [-0.15, -0.1) is 0 Å². The molecule has 74 valence electrons. The lowest BCUT2D eigenvalue weighted by atomic mass is 10.1. The van der Waals surface area contributed by atoms with Crippen molar-refractivity contribution in [1.82, 2.24) is 0 Å². The summed E-state index contributed by atoms with van der Waals surface area (Å²) in [6.07, 6.45) is 0. The highest BCUT2D eigenvalue weighted by atomic mass is 35.6. The molecule has 0 aromatic carbocycles. The second-order valence-corrected chi connectivity index (χ2v) is 10.9. The second-order valence-electron chi connectivity index (χ2n) is 4.54. The molecule has 0 fully saturated rings. The zero-order valence-electron chi connectivity index (χ0n) is 9.46. The molecule has 1 aliphatic carbocycles. The van der Waals surface area contributed by atoms with Crippen molar-refractivity contribution in [3.05, 3.63) is 21.9 Å². The van der Waals surface area contributed by atoms with Crippen LogP contribution in [0.4, 0.5) is 0 Å². The van der Waals surface area contributed by atoms with E-state index in [0.717, 1.165) is 0 Å². The third-order valence-corrected chi connectivity index (χ3v) is 5.98. The number of halogens is 1. The Morgan fingerprint density at radius 3 is 1.69 bits per heavy atom. The van der Waals surface area contributed by atoms with Crippen molar-refractivity contribution in [2.75, 3.05) is 0 Å². The molecular weight excluding hydrogens is 196 g/mol. The summed E-state index contributed by atoms with van der Waals surface area (Å²) in [6, 6.07) is 0. The minimum Gasteiger partial charge on any atom is -0.162 e. The van der Waals surface area contributed by atoms with Crippen molar-refractivity contribution in [2.24, 2.45) is 5.92 Å². The van der Waals surface area contributed by atoms with Crippen LogP contribution < -0.4 is 0 Å². The molecule has 1 rings (SSSR count). The quantitative estimate of drug-likeness (QED) is 0.452. The molecule has 0 saturated heterocycles. The summed E-state index contributed by atoms with van der Waals surface area (Å²) in [5.74, 6) is 0.583. The molecule has 1 unspecified atom stereocenters. The third kappa shape index (κ3) is 1.77. The van der Waals surface area contributed by atoms with E-state index in [9.17, 15) is 0 Å². The number of hydrogen-bond donors (Lipinski definition) is 0. The van der Waals surface area contributed by atoms with E-state index >= 15 is 0 Å². The minimum atomic E-state index is -1.62. The van der Waals surface area contributed by atoms with Gasteiger partial charge in [-0.25, -0.2) is 0 Å². The highest BCUT2D eigenvalue weighted by Gasteiger charge is 2.34. The molecule has 1 atom stereocenters. The Hall–Kier alpha value is -0.0131. The fourth-order valence-electron chi connectivity index (χ4n) is 2.32. The van der Waals surface area contributed by atoms with Crippen LogP contribution in [0.3, 0.4) is 0 Å². The molecule has 0 nitrogen and oxygen atoms in total. The molecule has 0 radical (unpaired) electrons. The van der Waals surface area contributed by atoms with E-state index in [-0.39, 0.29) is 0 Å². The lowest BCUT2D eigenvalue weighted by Crippen LogP contribution is -2.25. The molecule has 2 heteroatoms. The first-order chi connectivity index (χ1) is 5.76. The maximum atomic E-state index is 6.51. The molecule has 0 bridgehead atoms. The van der Waals surface area contributed by atoms with Gasteiger partial charge in [-0.2, -0.15) is 11.1 Å². The summed E-state index contributed by atoms with van der Waals surface area (Å²) in [6.45, 7) is 13.4. The van der Waals surface area contributed by atoms with Gasteiger partial charge in [-0.05, 0) is 32.3 Å². The molecule has 0 spiro atoms. The fourth-order valence-corrected chi connectivity index (χ4v) is 5.57. The average Bonchev–Trinajstić information content (AvgIpc) is 2.14. The number of hydrogen-bond acceptors (Lipinski definition) is 0. The van der Waals surface area contributed by atoms with Gasteiger partial charge in [-0.1, -0.05) is 36.4 Å². The molecular formula is C11H19ClSi. The first kappa shape index (κ1) is 11.1. The van der Waals surface area contributed by atoms with Crippen LogP contribution in [0, 0.1) is 5.92 Å². The smallest absolute Gasteiger partial charge is 0.162 e. The summed E-state index contributed by atoms with van der Waals surface area (Å²) in [4.78, 5) is 0. The van der Waals surface area contributed by atoms with E-state index in [1.54, 1.807) is 0 Å². The predicted octanol–water partition coefficient (Wildman–Crippen LogP) is 4.27. The number of rotatable bonds is 1. The van der Waals surface area contributed by atoms with E-state index < -0.39 is 7.38 Å². The van der Waals surface area contributed by atoms with Gasteiger partial charge in [0, 0.05) is 0 Å². The Balaban J connectivity index is 3.19. The molecule has 0 N–H and O–H groups in total. The standard InChI is InChI=1S/C11H19ClSi/c1-7-8(2)10(4)11(9(7)3)13(5,6)12/h9H,1-6H3. The first-order valence-electron chi connectivity index (χ1n) is 4.84. The molecule has 0 heterocycles. The summed E-state index contributed by atoms with van der Waals surface area (Å²) >= 11 is 6.51. The highest BCUT2D eigenvalue weighted by Crippen LogP contribution is 2.42. The lowest BCUT2D eigenvalue weighted by molar-refractivity contribution is 0.851. The topological polar surface area (TPSA) is 0 Å². The van der Waals surface area contributed by atoms with Crippen molar-refractivity contribution >= 4 is 18.5 Å². The Morgan fingerprint density at radius 1 is 1.08 bits per heavy atom. The van der Waals surface area contributed by atoms with E-state index in [2.05, 4.69) is 40.8 Å². The molecule has 1 aliphatic rings. The van der Waals surface area contributed by atoms with Crippen molar-refractivity contribution < 1.29 is 0 Å². The van der Waals surface area contributed by atoms with Crippen LogP contribution in [0.25, 0.3) is 0 Å². The van der Waals surface area contributed by atoms with E-state index in [0.29, 0.717) is 5.92 Å². The summed E-state index contributed by atoms with van der Waals surface area (Å²) in [7, 11) is -1.62. The third-order valence-electron chi connectivity index (χ3n) is 3.28. The van der Waals surface area contributed by atoms with Gasteiger partial charge in [0.1, 0.15) is 0 Å². The molecule has 0 aromatic heterocycles. The van der Waals surface area contributed by atoms with Gasteiger partial charge in [0.25, 0.3) is 0 Å². The summed E-state index contributed by atoms with van der Waals surface area (Å²) < 4.78 is 0. The summed E-state index contributed by atoms with van der Waals surface area (Å²) in [5, 5.41) is 1.53. The van der Waals surface area contributed by atoms with Crippen LogP contribution in [-0.2, 0) is 0 Å². The van der Waals surface area contributed by atoms with Crippen LogP contribution in [0.1, 0.15) is 27.7 Å². The van der Waals surface area contributed by atoms with Crippen LogP contribution in [-0.4, -0.2) is 7.38 Å². The summed E-state index contributed by atoms with van der Waals surface area (Å²) in [5.41, 5.74) is 4.43. The van der Waals surface area contributed by atoms with E-state index in [1.165, 1.54) is 21.9 Å². The molecule has 0 saturated carbocycles. The van der Waals surface area contributed by atoms with Gasteiger partial charge in [0.05, 0.1) is 0 Å². The van der Waals surface area contributed by atoms with E-state index in [1.807, 2.05) is 0 Å². The van der Waals surface area contributed by atoms with Gasteiger partial charge >= 0.3 is 0 Å². The average molecular weight is 215 g/mol. The van der Waals surface area contributed by atoms with Crippen molar-refractivity contribution in [1.29, 1.82) is 0 Å². The maximum Gasteiger partial charge on any atom is 0.177 e. The van der Waals surface area contributed by atoms with Crippen LogP contribution in [0.5, 0.6) is 0 Å². The number of allylic oxidation sites excluding steroid dienone is 4. The Labute approximate surface area is 87.4 Å². The van der Waals surface area contributed by atoms with Crippen molar-refractivity contribution in [3.8, 4) is 0 Å². The van der Waals surface area contributed by atoms with Gasteiger partial charge < -0.3 is 0 Å². The monoisotopic (exact) mass is 214 g/mol. The Kier molecular flexibility index (Phi) is 2.80. The maximum absolute atomic E-state index is 6.51. The minimum absolute atomic E-state index is 0.583. The lowest BCUT2D eigenvalue weighted by Gasteiger charge is -2.22. The van der Waals surface area contributed by atoms with Gasteiger partial charge in [-0.3, -0.25) is 0 Å². The van der Waals surface area contributed by atoms with Crippen LogP contribution in [0.15, 0.2) is 21.9 Å². The largest absolute Gasteiger partial charge is 0.177 e. The van der Waals surface area contributed by atoms with Crippen molar-refractivity contribution in [2.45, 2.75) is 40.8 Å².